The SMILES string of the molecule is CC(C)(C)c1nnsc1-c1nc2ccc(O)cc2[nH]1. The summed E-state index contributed by atoms with van der Waals surface area (Å²) in [4.78, 5) is 8.69. The minimum Gasteiger partial charge on any atom is -0.508 e. The second-order valence-corrected chi connectivity index (χ2v) is 6.24. The summed E-state index contributed by atoms with van der Waals surface area (Å²) < 4.78 is 4.03. The molecule has 0 saturated heterocycles. The number of nitrogens with one attached hydrogen (secondary N) is 1. The Morgan fingerprint density at radius 2 is 2.05 bits per heavy atom. The van der Waals surface area contributed by atoms with E-state index in [9.17, 15) is 5.11 Å². The van der Waals surface area contributed by atoms with E-state index in [0.717, 1.165) is 27.4 Å². The fourth-order valence-corrected chi connectivity index (χ4v) is 2.76. The van der Waals surface area contributed by atoms with Crippen molar-refractivity contribution >= 4 is 22.6 Å². The van der Waals surface area contributed by atoms with Gasteiger partial charge in [0.05, 0.1) is 16.7 Å². The molecule has 3 rings (SSSR count). The molecule has 19 heavy (non-hydrogen) atoms. The van der Waals surface area contributed by atoms with E-state index in [1.165, 1.54) is 11.5 Å². The highest BCUT2D eigenvalue weighted by Gasteiger charge is 2.24. The third kappa shape index (κ3) is 2.08. The number of phenolic OH excluding ortho intramolecular Hbond substituents is 1. The molecule has 0 atom stereocenters. The summed E-state index contributed by atoms with van der Waals surface area (Å²) in [6, 6.07) is 5.08. The number of nitrogens with zero attached hydrogens (tertiary/aromatic N) is 3. The molecular weight excluding hydrogens is 260 g/mol. The Bertz CT molecular complexity index is 739. The Morgan fingerprint density at radius 3 is 2.79 bits per heavy atom. The van der Waals surface area contributed by atoms with E-state index in [1.807, 2.05) is 0 Å². The van der Waals surface area contributed by atoms with Crippen molar-refractivity contribution in [3.63, 3.8) is 0 Å². The lowest BCUT2D eigenvalue weighted by atomic mass is 9.91. The highest BCUT2D eigenvalue weighted by molar-refractivity contribution is 7.09. The van der Waals surface area contributed by atoms with Gasteiger partial charge in [-0.25, -0.2) is 4.98 Å². The Balaban J connectivity index is 2.17. The van der Waals surface area contributed by atoms with Crippen LogP contribution in [0.1, 0.15) is 26.5 Å². The fourth-order valence-electron chi connectivity index (χ4n) is 1.94. The number of phenols is 1. The Labute approximate surface area is 114 Å². The standard InChI is InChI=1S/C13H14N4OS/c1-13(2,3)11-10(19-17-16-11)12-14-8-5-4-7(18)6-9(8)15-12/h4-6,18H,1-3H3,(H,14,15). The van der Waals surface area contributed by atoms with E-state index >= 15 is 0 Å². The second kappa shape index (κ2) is 4.03. The van der Waals surface area contributed by atoms with Crippen LogP contribution in [0.4, 0.5) is 0 Å². The number of H-pyrrole nitrogens is 1. The van der Waals surface area contributed by atoms with E-state index < -0.39 is 0 Å². The van der Waals surface area contributed by atoms with Crippen molar-refractivity contribution in [3.05, 3.63) is 23.9 Å². The molecule has 98 valence electrons. The molecule has 0 unspecified atom stereocenters. The van der Waals surface area contributed by atoms with E-state index in [2.05, 4.69) is 40.3 Å². The number of benzene rings is 1. The summed E-state index contributed by atoms with van der Waals surface area (Å²) >= 11 is 1.33. The van der Waals surface area contributed by atoms with Gasteiger partial charge in [0.15, 0.2) is 5.82 Å². The summed E-state index contributed by atoms with van der Waals surface area (Å²) in [5.74, 6) is 0.974. The third-order valence-corrected chi connectivity index (χ3v) is 3.61. The number of aromatic nitrogens is 4. The first-order valence-corrected chi connectivity index (χ1v) is 6.74. The molecule has 0 aliphatic rings. The molecule has 5 nitrogen and oxygen atoms in total. The van der Waals surface area contributed by atoms with Gasteiger partial charge in [-0.15, -0.1) is 5.10 Å². The summed E-state index contributed by atoms with van der Waals surface area (Å²) in [7, 11) is 0. The van der Waals surface area contributed by atoms with Gasteiger partial charge in [0.25, 0.3) is 0 Å². The van der Waals surface area contributed by atoms with Gasteiger partial charge in [0.2, 0.25) is 0 Å². The zero-order valence-electron chi connectivity index (χ0n) is 10.9. The molecule has 0 saturated carbocycles. The van der Waals surface area contributed by atoms with Gasteiger partial charge >= 0.3 is 0 Å². The summed E-state index contributed by atoms with van der Waals surface area (Å²) in [6.45, 7) is 6.30. The van der Waals surface area contributed by atoms with E-state index in [1.54, 1.807) is 18.2 Å². The van der Waals surface area contributed by atoms with Crippen LogP contribution in [0.15, 0.2) is 18.2 Å². The van der Waals surface area contributed by atoms with Gasteiger partial charge < -0.3 is 10.1 Å². The lowest BCUT2D eigenvalue weighted by molar-refractivity contribution is 0.476. The van der Waals surface area contributed by atoms with Gasteiger partial charge in [-0.3, -0.25) is 0 Å². The largest absolute Gasteiger partial charge is 0.508 e. The number of aromatic amines is 1. The topological polar surface area (TPSA) is 74.7 Å². The Hall–Kier alpha value is -1.95. The molecule has 0 bridgehead atoms. The molecule has 0 aliphatic carbocycles. The monoisotopic (exact) mass is 274 g/mol. The van der Waals surface area contributed by atoms with Crippen LogP contribution in [-0.2, 0) is 5.41 Å². The summed E-state index contributed by atoms with van der Waals surface area (Å²) in [5, 5.41) is 13.7. The first kappa shape index (κ1) is 12.1. The van der Waals surface area contributed by atoms with Crippen molar-refractivity contribution in [1.82, 2.24) is 19.6 Å². The molecule has 3 aromatic rings. The maximum atomic E-state index is 9.48. The lowest BCUT2D eigenvalue weighted by Crippen LogP contribution is -2.13. The van der Waals surface area contributed by atoms with Crippen LogP contribution >= 0.6 is 11.5 Å². The third-order valence-electron chi connectivity index (χ3n) is 2.88. The van der Waals surface area contributed by atoms with Crippen molar-refractivity contribution in [2.24, 2.45) is 0 Å². The number of hydrogen-bond donors (Lipinski definition) is 2. The van der Waals surface area contributed by atoms with Gasteiger partial charge in [-0.1, -0.05) is 25.3 Å². The van der Waals surface area contributed by atoms with Crippen molar-refractivity contribution in [2.45, 2.75) is 26.2 Å². The first-order valence-electron chi connectivity index (χ1n) is 5.97. The molecule has 0 radical (unpaired) electrons. The van der Waals surface area contributed by atoms with Crippen molar-refractivity contribution in [2.75, 3.05) is 0 Å². The molecule has 6 heteroatoms. The number of aromatic hydroxyl groups is 1. The maximum absolute atomic E-state index is 9.48. The van der Waals surface area contributed by atoms with E-state index in [0.29, 0.717) is 0 Å². The average Bonchev–Trinajstić information content (AvgIpc) is 2.92. The highest BCUT2D eigenvalue weighted by atomic mass is 32.1. The minimum absolute atomic E-state index is 0.0799. The van der Waals surface area contributed by atoms with Crippen LogP contribution in [0, 0.1) is 0 Å². The van der Waals surface area contributed by atoms with Crippen LogP contribution in [0.2, 0.25) is 0 Å². The van der Waals surface area contributed by atoms with Crippen molar-refractivity contribution in [1.29, 1.82) is 0 Å². The van der Waals surface area contributed by atoms with Gasteiger partial charge in [-0.2, -0.15) is 0 Å². The smallest absolute Gasteiger partial charge is 0.152 e. The summed E-state index contributed by atoms with van der Waals surface area (Å²) in [5.41, 5.74) is 2.48. The Morgan fingerprint density at radius 1 is 1.26 bits per heavy atom. The second-order valence-electron chi connectivity index (χ2n) is 5.49. The van der Waals surface area contributed by atoms with Crippen molar-refractivity contribution in [3.8, 4) is 16.5 Å². The number of rotatable bonds is 1. The predicted molar refractivity (Wildman–Crippen MR) is 75.4 cm³/mol. The lowest BCUT2D eigenvalue weighted by Gasteiger charge is -2.15. The number of fused-ring (bicyclic) bond motifs is 1. The van der Waals surface area contributed by atoms with Crippen LogP contribution in [-0.4, -0.2) is 24.7 Å². The zero-order valence-corrected chi connectivity index (χ0v) is 11.7. The normalized spacial score (nSPS) is 12.2. The molecule has 0 aliphatic heterocycles. The van der Waals surface area contributed by atoms with E-state index in [4.69, 9.17) is 0 Å². The molecule has 2 N–H and O–H groups in total. The number of hydrogen-bond acceptors (Lipinski definition) is 5. The quantitative estimate of drug-likeness (QED) is 0.715. The fraction of sp³-hybridized carbons (Fsp3) is 0.308. The number of imidazole rings is 1. The first-order chi connectivity index (χ1) is 8.95. The highest BCUT2D eigenvalue weighted by Crippen LogP contribution is 2.33. The molecule has 2 aromatic heterocycles. The summed E-state index contributed by atoms with van der Waals surface area (Å²) in [6.07, 6.45) is 0. The Kier molecular flexibility index (Phi) is 2.56. The molecular formula is C13H14N4OS. The van der Waals surface area contributed by atoms with Gasteiger partial charge in [0, 0.05) is 11.5 Å². The van der Waals surface area contributed by atoms with E-state index in [-0.39, 0.29) is 11.2 Å². The van der Waals surface area contributed by atoms with Crippen LogP contribution in [0.25, 0.3) is 21.7 Å². The molecule has 1 aromatic carbocycles. The van der Waals surface area contributed by atoms with Gasteiger partial charge in [-0.05, 0) is 23.7 Å². The average molecular weight is 274 g/mol. The van der Waals surface area contributed by atoms with Crippen molar-refractivity contribution < 1.29 is 5.11 Å². The van der Waals surface area contributed by atoms with Gasteiger partial charge in [0.1, 0.15) is 10.6 Å². The van der Waals surface area contributed by atoms with Crippen LogP contribution < -0.4 is 0 Å². The molecule has 0 fully saturated rings. The molecule has 2 heterocycles. The molecule has 0 spiro atoms. The zero-order chi connectivity index (χ0) is 13.6. The van der Waals surface area contributed by atoms with Crippen LogP contribution in [0.5, 0.6) is 5.75 Å². The van der Waals surface area contributed by atoms with Crippen LogP contribution in [0.3, 0.4) is 0 Å². The maximum Gasteiger partial charge on any atom is 0.152 e. The molecule has 0 amide bonds. The predicted octanol–water partition coefficient (Wildman–Crippen LogP) is 3.08. The minimum atomic E-state index is -0.0799.